The van der Waals surface area contributed by atoms with E-state index in [0.29, 0.717) is 18.0 Å². The Morgan fingerprint density at radius 1 is 1.36 bits per heavy atom. The van der Waals surface area contributed by atoms with Gasteiger partial charge in [0.15, 0.2) is 0 Å². The molecule has 0 spiro atoms. The summed E-state index contributed by atoms with van der Waals surface area (Å²) in [5.41, 5.74) is 1.19. The SMILES string of the molecule is Fc1ccc([C@@H]2C[C@H]3CC[C@@H]2N3)cn1. The molecule has 1 aromatic heterocycles. The van der Waals surface area contributed by atoms with Crippen molar-refractivity contribution in [3.05, 3.63) is 29.8 Å². The molecule has 3 heteroatoms. The van der Waals surface area contributed by atoms with Crippen molar-refractivity contribution < 1.29 is 4.39 Å². The molecule has 0 unspecified atom stereocenters. The van der Waals surface area contributed by atoms with Crippen LogP contribution in [0.5, 0.6) is 0 Å². The summed E-state index contributed by atoms with van der Waals surface area (Å²) in [6, 6.07) is 4.62. The van der Waals surface area contributed by atoms with Gasteiger partial charge in [0.05, 0.1) is 0 Å². The predicted octanol–water partition coefficient (Wildman–Crippen LogP) is 1.83. The smallest absolute Gasteiger partial charge is 0.212 e. The third-order valence-corrected chi connectivity index (χ3v) is 3.48. The molecule has 0 amide bonds. The van der Waals surface area contributed by atoms with Crippen molar-refractivity contribution in [3.63, 3.8) is 0 Å². The zero-order valence-corrected chi connectivity index (χ0v) is 7.91. The van der Waals surface area contributed by atoms with Gasteiger partial charge in [0, 0.05) is 24.2 Å². The molecule has 2 aliphatic rings. The van der Waals surface area contributed by atoms with Crippen LogP contribution in [-0.2, 0) is 0 Å². The van der Waals surface area contributed by atoms with E-state index in [1.54, 1.807) is 6.20 Å². The first-order valence-corrected chi connectivity index (χ1v) is 5.20. The quantitative estimate of drug-likeness (QED) is 0.687. The lowest BCUT2D eigenvalue weighted by atomic mass is 9.85. The van der Waals surface area contributed by atoms with Gasteiger partial charge in [0.25, 0.3) is 0 Å². The Morgan fingerprint density at radius 2 is 2.29 bits per heavy atom. The van der Waals surface area contributed by atoms with E-state index in [1.807, 2.05) is 6.07 Å². The molecule has 0 aromatic carbocycles. The number of hydrogen-bond donors (Lipinski definition) is 1. The largest absolute Gasteiger partial charge is 0.311 e. The summed E-state index contributed by atoms with van der Waals surface area (Å²) in [5, 5.41) is 3.57. The highest BCUT2D eigenvalue weighted by molar-refractivity contribution is 5.22. The Hall–Kier alpha value is -0.960. The van der Waals surface area contributed by atoms with Crippen molar-refractivity contribution in [2.24, 2.45) is 0 Å². The van der Waals surface area contributed by atoms with Crippen LogP contribution in [0.1, 0.15) is 30.7 Å². The summed E-state index contributed by atoms with van der Waals surface area (Å²) in [4.78, 5) is 3.71. The first kappa shape index (κ1) is 8.36. The van der Waals surface area contributed by atoms with Gasteiger partial charge in [0.2, 0.25) is 5.95 Å². The highest BCUT2D eigenvalue weighted by Gasteiger charge is 2.39. The van der Waals surface area contributed by atoms with E-state index in [0.717, 1.165) is 0 Å². The van der Waals surface area contributed by atoms with E-state index < -0.39 is 0 Å². The second-order valence-electron chi connectivity index (χ2n) is 4.30. The first-order valence-electron chi connectivity index (χ1n) is 5.20. The molecule has 3 atom stereocenters. The monoisotopic (exact) mass is 192 g/mol. The van der Waals surface area contributed by atoms with Crippen LogP contribution in [0.4, 0.5) is 4.39 Å². The van der Waals surface area contributed by atoms with Crippen LogP contribution in [0.2, 0.25) is 0 Å². The number of rotatable bonds is 1. The minimum Gasteiger partial charge on any atom is -0.311 e. The third kappa shape index (κ3) is 1.23. The molecule has 0 radical (unpaired) electrons. The molecule has 2 aliphatic heterocycles. The maximum absolute atomic E-state index is 12.6. The second kappa shape index (κ2) is 3.02. The third-order valence-electron chi connectivity index (χ3n) is 3.48. The lowest BCUT2D eigenvalue weighted by Gasteiger charge is -2.19. The molecule has 2 bridgehead atoms. The van der Waals surface area contributed by atoms with Crippen molar-refractivity contribution in [1.82, 2.24) is 10.3 Å². The topological polar surface area (TPSA) is 24.9 Å². The Morgan fingerprint density at radius 3 is 2.86 bits per heavy atom. The van der Waals surface area contributed by atoms with Crippen molar-refractivity contribution >= 4 is 0 Å². The summed E-state index contributed by atoms with van der Waals surface area (Å²) >= 11 is 0. The molecule has 1 aromatic rings. The summed E-state index contributed by atoms with van der Waals surface area (Å²) < 4.78 is 12.6. The Bertz CT molecular complexity index is 336. The molecule has 74 valence electrons. The highest BCUT2D eigenvalue weighted by Crippen LogP contribution is 2.39. The molecule has 3 rings (SSSR count). The van der Waals surface area contributed by atoms with Crippen LogP contribution in [-0.4, -0.2) is 17.1 Å². The number of halogens is 1. The molecular formula is C11H13FN2. The van der Waals surface area contributed by atoms with Gasteiger partial charge in [-0.15, -0.1) is 0 Å². The van der Waals surface area contributed by atoms with Crippen LogP contribution in [0, 0.1) is 5.95 Å². The molecule has 2 saturated heterocycles. The summed E-state index contributed by atoms with van der Waals surface area (Å²) in [6.07, 6.45) is 5.43. The van der Waals surface area contributed by atoms with Crippen molar-refractivity contribution in [2.75, 3.05) is 0 Å². The molecule has 2 fully saturated rings. The van der Waals surface area contributed by atoms with Gasteiger partial charge in [-0.05, 0) is 30.9 Å². The number of pyridine rings is 1. The standard InChI is InChI=1S/C11H13FN2/c12-11-4-1-7(6-13-11)9-5-8-2-3-10(9)14-8/h1,4,6,8-10,14H,2-3,5H2/t8-,9+,10+/m1/s1. The van der Waals surface area contributed by atoms with E-state index in [-0.39, 0.29) is 5.95 Å². The number of fused-ring (bicyclic) bond motifs is 2. The number of nitrogens with zero attached hydrogens (tertiary/aromatic N) is 1. The average molecular weight is 192 g/mol. The van der Waals surface area contributed by atoms with E-state index in [4.69, 9.17) is 0 Å². The highest BCUT2D eigenvalue weighted by atomic mass is 19.1. The first-order chi connectivity index (χ1) is 6.83. The van der Waals surface area contributed by atoms with Crippen LogP contribution in [0.25, 0.3) is 0 Å². The van der Waals surface area contributed by atoms with Gasteiger partial charge in [-0.2, -0.15) is 4.39 Å². The molecule has 0 saturated carbocycles. The number of hydrogen-bond acceptors (Lipinski definition) is 2. The fourth-order valence-electron chi connectivity index (χ4n) is 2.80. The Labute approximate surface area is 82.5 Å². The summed E-state index contributed by atoms with van der Waals surface area (Å²) in [6.45, 7) is 0. The lowest BCUT2D eigenvalue weighted by molar-refractivity contribution is 0.502. The van der Waals surface area contributed by atoms with E-state index in [1.165, 1.54) is 30.9 Å². The van der Waals surface area contributed by atoms with Gasteiger partial charge >= 0.3 is 0 Å². The maximum Gasteiger partial charge on any atom is 0.212 e. The minimum atomic E-state index is -0.384. The molecular weight excluding hydrogens is 179 g/mol. The van der Waals surface area contributed by atoms with Gasteiger partial charge in [-0.1, -0.05) is 6.07 Å². The number of aromatic nitrogens is 1. The molecule has 14 heavy (non-hydrogen) atoms. The van der Waals surface area contributed by atoms with Crippen LogP contribution >= 0.6 is 0 Å². The molecule has 0 aliphatic carbocycles. The van der Waals surface area contributed by atoms with Crippen molar-refractivity contribution in [2.45, 2.75) is 37.3 Å². The average Bonchev–Trinajstić information content (AvgIpc) is 2.80. The van der Waals surface area contributed by atoms with Crippen LogP contribution in [0.15, 0.2) is 18.3 Å². The lowest BCUT2D eigenvalue weighted by Crippen LogP contribution is -2.21. The zero-order valence-electron chi connectivity index (χ0n) is 7.91. The van der Waals surface area contributed by atoms with Crippen molar-refractivity contribution in [1.29, 1.82) is 0 Å². The maximum atomic E-state index is 12.6. The number of nitrogens with one attached hydrogen (secondary N) is 1. The van der Waals surface area contributed by atoms with Gasteiger partial charge in [-0.3, -0.25) is 0 Å². The fourth-order valence-corrected chi connectivity index (χ4v) is 2.80. The van der Waals surface area contributed by atoms with E-state index in [9.17, 15) is 4.39 Å². The molecule has 3 heterocycles. The van der Waals surface area contributed by atoms with E-state index in [2.05, 4.69) is 10.3 Å². The van der Waals surface area contributed by atoms with Crippen molar-refractivity contribution in [3.8, 4) is 0 Å². The summed E-state index contributed by atoms with van der Waals surface area (Å²) in [7, 11) is 0. The zero-order chi connectivity index (χ0) is 9.54. The van der Waals surface area contributed by atoms with Crippen LogP contribution in [0.3, 0.4) is 0 Å². The fraction of sp³-hybridized carbons (Fsp3) is 0.545. The van der Waals surface area contributed by atoms with Gasteiger partial charge in [0.1, 0.15) is 0 Å². The molecule has 1 N–H and O–H groups in total. The summed E-state index contributed by atoms with van der Waals surface area (Å²) in [5.74, 6) is 0.173. The van der Waals surface area contributed by atoms with E-state index >= 15 is 0 Å². The Balaban J connectivity index is 1.86. The molecule has 2 nitrogen and oxygen atoms in total. The normalized spacial score (nSPS) is 35.1. The second-order valence-corrected chi connectivity index (χ2v) is 4.30. The van der Waals surface area contributed by atoms with Gasteiger partial charge in [-0.25, -0.2) is 4.98 Å². The minimum absolute atomic E-state index is 0.384. The van der Waals surface area contributed by atoms with Gasteiger partial charge < -0.3 is 5.32 Å². The predicted molar refractivity (Wildman–Crippen MR) is 51.5 cm³/mol. The van der Waals surface area contributed by atoms with Crippen LogP contribution < -0.4 is 5.32 Å². The Kier molecular flexibility index (Phi) is 1.80.